The minimum Gasteiger partial charge on any atom is -0.369 e. The number of carbonyl (C=O) groups excluding carboxylic acids is 2. The van der Waals surface area contributed by atoms with Crippen molar-refractivity contribution in [3.63, 3.8) is 0 Å². The van der Waals surface area contributed by atoms with Gasteiger partial charge in [-0.3, -0.25) is 19.3 Å². The molecule has 0 bridgehead atoms. The summed E-state index contributed by atoms with van der Waals surface area (Å²) in [5, 5.41) is 3.08. The number of nitrogens with one attached hydrogen (secondary N) is 2. The number of aromatic amines is 1. The molecule has 1 aromatic heterocycles. The highest BCUT2D eigenvalue weighted by atomic mass is 16.2. The van der Waals surface area contributed by atoms with Gasteiger partial charge in [0.1, 0.15) is 5.54 Å². The number of aromatic nitrogens is 1. The summed E-state index contributed by atoms with van der Waals surface area (Å²) in [6.45, 7) is 0. The number of hydrogen-bond donors (Lipinski definition) is 3. The van der Waals surface area contributed by atoms with Gasteiger partial charge < -0.3 is 16.0 Å². The number of nitrogens with two attached hydrogens (primary N) is 1. The molecule has 2 aliphatic carbocycles. The molecule has 4 rings (SSSR count). The Kier molecular flexibility index (Phi) is 4.72. The molecular weight excluding hydrogens is 358 g/mol. The minimum absolute atomic E-state index is 0.0203. The van der Waals surface area contributed by atoms with E-state index >= 15 is 0 Å². The van der Waals surface area contributed by atoms with Crippen LogP contribution in [0.15, 0.2) is 28.1 Å². The summed E-state index contributed by atoms with van der Waals surface area (Å²) >= 11 is 0. The Bertz CT molecular complexity index is 854. The third kappa shape index (κ3) is 3.43. The van der Waals surface area contributed by atoms with Crippen LogP contribution in [0, 0.1) is 11.8 Å². The van der Waals surface area contributed by atoms with E-state index in [1.54, 1.807) is 7.05 Å². The summed E-state index contributed by atoms with van der Waals surface area (Å²) < 4.78 is 0. The van der Waals surface area contributed by atoms with Gasteiger partial charge in [0.05, 0.1) is 5.56 Å². The lowest BCUT2D eigenvalue weighted by Gasteiger charge is -2.34. The average Bonchev–Trinajstić information content (AvgIpc) is 3.49. The van der Waals surface area contributed by atoms with Crippen molar-refractivity contribution in [2.75, 3.05) is 7.05 Å². The Morgan fingerprint density at radius 1 is 1.32 bits per heavy atom. The van der Waals surface area contributed by atoms with E-state index in [1.165, 1.54) is 23.2 Å². The van der Waals surface area contributed by atoms with Crippen LogP contribution in [0.5, 0.6) is 0 Å². The molecule has 2 amide bonds. The number of guanidine groups is 1. The Labute approximate surface area is 163 Å². The highest BCUT2D eigenvalue weighted by Crippen LogP contribution is 2.49. The fourth-order valence-corrected chi connectivity index (χ4v) is 4.72. The van der Waals surface area contributed by atoms with Crippen molar-refractivity contribution in [3.8, 4) is 0 Å². The second-order valence-electron chi connectivity index (χ2n) is 8.38. The topological polar surface area (TPSA) is 121 Å². The second-order valence-corrected chi connectivity index (χ2v) is 8.38. The van der Waals surface area contributed by atoms with E-state index in [2.05, 4.69) is 15.3 Å². The number of H-pyrrole nitrogens is 1. The molecule has 28 heavy (non-hydrogen) atoms. The van der Waals surface area contributed by atoms with E-state index < -0.39 is 5.54 Å². The molecule has 2 fully saturated rings. The van der Waals surface area contributed by atoms with E-state index in [0.29, 0.717) is 29.8 Å². The molecule has 8 heteroatoms. The van der Waals surface area contributed by atoms with Crippen molar-refractivity contribution >= 4 is 17.8 Å². The predicted octanol–water partition coefficient (Wildman–Crippen LogP) is 0.989. The third-order valence-corrected chi connectivity index (χ3v) is 6.35. The fraction of sp³-hybridized carbons (Fsp3) is 0.600. The van der Waals surface area contributed by atoms with Crippen LogP contribution in [-0.4, -0.2) is 46.3 Å². The highest BCUT2D eigenvalue weighted by Gasteiger charge is 2.56. The SMILES string of the molecule is CN1C(=O)[C@@](C[C@H]2CCC[C@@H](NC(=O)c3ccc(=O)[nH]c3)C2)(C2CC2)N=C1N. The number of rotatable bonds is 5. The van der Waals surface area contributed by atoms with Gasteiger partial charge in [0, 0.05) is 25.4 Å². The summed E-state index contributed by atoms with van der Waals surface area (Å²) in [5.74, 6) is 0.766. The zero-order chi connectivity index (χ0) is 19.9. The molecule has 0 radical (unpaired) electrons. The Balaban J connectivity index is 1.42. The van der Waals surface area contributed by atoms with Gasteiger partial charge in [-0.15, -0.1) is 0 Å². The van der Waals surface area contributed by atoms with Crippen molar-refractivity contribution in [1.82, 2.24) is 15.2 Å². The monoisotopic (exact) mass is 385 g/mol. The van der Waals surface area contributed by atoms with Crippen LogP contribution in [0.2, 0.25) is 0 Å². The van der Waals surface area contributed by atoms with E-state index in [-0.39, 0.29) is 23.4 Å². The third-order valence-electron chi connectivity index (χ3n) is 6.35. The van der Waals surface area contributed by atoms with Gasteiger partial charge in [0.25, 0.3) is 11.8 Å². The Morgan fingerprint density at radius 3 is 2.71 bits per heavy atom. The van der Waals surface area contributed by atoms with Gasteiger partial charge in [-0.25, -0.2) is 4.99 Å². The van der Waals surface area contributed by atoms with E-state index in [0.717, 1.165) is 38.5 Å². The maximum Gasteiger partial charge on any atom is 0.257 e. The Morgan fingerprint density at radius 2 is 2.11 bits per heavy atom. The van der Waals surface area contributed by atoms with Gasteiger partial charge in [-0.2, -0.15) is 0 Å². The van der Waals surface area contributed by atoms with Crippen molar-refractivity contribution in [2.45, 2.75) is 56.5 Å². The number of hydrogen-bond acceptors (Lipinski definition) is 5. The summed E-state index contributed by atoms with van der Waals surface area (Å²) in [6, 6.07) is 2.94. The maximum absolute atomic E-state index is 12.9. The quantitative estimate of drug-likeness (QED) is 0.700. The predicted molar refractivity (Wildman–Crippen MR) is 105 cm³/mol. The lowest BCUT2D eigenvalue weighted by atomic mass is 9.75. The van der Waals surface area contributed by atoms with Crippen LogP contribution in [0.1, 0.15) is 55.3 Å². The molecule has 0 saturated heterocycles. The molecule has 0 aromatic carbocycles. The zero-order valence-electron chi connectivity index (χ0n) is 16.1. The molecule has 2 heterocycles. The summed E-state index contributed by atoms with van der Waals surface area (Å²) in [5.41, 5.74) is 5.47. The number of nitrogens with zero attached hydrogens (tertiary/aromatic N) is 2. The first kappa shape index (κ1) is 18.7. The van der Waals surface area contributed by atoms with Crippen LogP contribution in [0.4, 0.5) is 0 Å². The smallest absolute Gasteiger partial charge is 0.257 e. The first-order valence-electron chi connectivity index (χ1n) is 10.0. The molecule has 1 aromatic rings. The molecule has 2 saturated carbocycles. The van der Waals surface area contributed by atoms with Gasteiger partial charge in [-0.1, -0.05) is 12.8 Å². The molecule has 4 N–H and O–H groups in total. The minimum atomic E-state index is -0.700. The van der Waals surface area contributed by atoms with E-state index in [9.17, 15) is 14.4 Å². The molecule has 0 unspecified atom stereocenters. The molecule has 0 spiro atoms. The number of carbonyl (C=O) groups is 2. The Hall–Kier alpha value is -2.64. The van der Waals surface area contributed by atoms with Crippen LogP contribution in [0.3, 0.4) is 0 Å². The fourth-order valence-electron chi connectivity index (χ4n) is 4.72. The molecule has 3 aliphatic rings. The first-order valence-corrected chi connectivity index (χ1v) is 10.0. The van der Waals surface area contributed by atoms with Crippen LogP contribution < -0.4 is 16.6 Å². The second kappa shape index (κ2) is 7.07. The molecule has 150 valence electrons. The molecule has 8 nitrogen and oxygen atoms in total. The standard InChI is InChI=1S/C20H27N5O3/c1-25-18(28)20(14-6-7-14,24-19(25)21)10-12-3-2-4-15(9-12)23-17(27)13-5-8-16(26)22-11-13/h5,8,11-12,14-15H,2-4,6-7,9-10H2,1H3,(H2,21,24)(H,22,26)(H,23,27)/t12-,15+,20+/m0/s1. The van der Waals surface area contributed by atoms with Gasteiger partial charge in [0.15, 0.2) is 5.96 Å². The van der Waals surface area contributed by atoms with Crippen molar-refractivity contribution < 1.29 is 9.59 Å². The van der Waals surface area contributed by atoms with Crippen molar-refractivity contribution in [2.24, 2.45) is 22.6 Å². The van der Waals surface area contributed by atoms with Gasteiger partial charge in [-0.05, 0) is 50.0 Å². The largest absolute Gasteiger partial charge is 0.369 e. The van der Waals surface area contributed by atoms with Gasteiger partial charge in [0.2, 0.25) is 5.56 Å². The van der Waals surface area contributed by atoms with Gasteiger partial charge >= 0.3 is 0 Å². The maximum atomic E-state index is 12.9. The summed E-state index contributed by atoms with van der Waals surface area (Å²) in [6.07, 6.45) is 7.97. The average molecular weight is 385 g/mol. The van der Waals surface area contributed by atoms with Crippen molar-refractivity contribution in [1.29, 1.82) is 0 Å². The summed E-state index contributed by atoms with van der Waals surface area (Å²) in [4.78, 5) is 45.2. The lowest BCUT2D eigenvalue weighted by molar-refractivity contribution is -0.131. The number of amides is 2. The van der Waals surface area contributed by atoms with Crippen molar-refractivity contribution in [3.05, 3.63) is 34.2 Å². The van der Waals surface area contributed by atoms with E-state index in [1.807, 2.05) is 0 Å². The molecular formula is C20H27N5O3. The molecule has 1 aliphatic heterocycles. The highest BCUT2D eigenvalue weighted by molar-refractivity contribution is 6.06. The van der Waals surface area contributed by atoms with Crippen LogP contribution in [-0.2, 0) is 4.79 Å². The normalized spacial score (nSPS) is 30.2. The summed E-state index contributed by atoms with van der Waals surface area (Å²) in [7, 11) is 1.69. The van der Waals surface area contributed by atoms with Crippen LogP contribution in [0.25, 0.3) is 0 Å². The number of likely N-dealkylation sites (N-methyl/N-ethyl adjacent to an activating group) is 1. The first-order chi connectivity index (χ1) is 13.4. The lowest BCUT2D eigenvalue weighted by Crippen LogP contribution is -2.46. The zero-order valence-corrected chi connectivity index (χ0v) is 16.1. The molecule has 3 atom stereocenters. The van der Waals surface area contributed by atoms with Crippen LogP contribution >= 0.6 is 0 Å². The number of pyridine rings is 1. The number of aliphatic imine (C=N–C) groups is 1. The van der Waals surface area contributed by atoms with E-state index in [4.69, 9.17) is 5.73 Å².